The van der Waals surface area contributed by atoms with Crippen LogP contribution in [0.4, 0.5) is 5.69 Å². The molecule has 6 nitrogen and oxygen atoms in total. The Hall–Kier alpha value is -2.28. The molecule has 1 amide bonds. The van der Waals surface area contributed by atoms with Crippen LogP contribution >= 0.6 is 24.8 Å². The highest BCUT2D eigenvalue weighted by Gasteiger charge is 2.17. The van der Waals surface area contributed by atoms with Crippen LogP contribution in [0.15, 0.2) is 36.4 Å². The van der Waals surface area contributed by atoms with Crippen LogP contribution in [0.5, 0.6) is 5.75 Å². The number of nitrogens with zero attached hydrogens (tertiary/aromatic N) is 2. The largest absolute Gasteiger partial charge is 0.497 e. The first kappa shape index (κ1) is 22.8. The van der Waals surface area contributed by atoms with Gasteiger partial charge < -0.3 is 20.7 Å². The first-order chi connectivity index (χ1) is 12.0. The first-order valence-electron chi connectivity index (χ1n) is 8.10. The summed E-state index contributed by atoms with van der Waals surface area (Å²) in [4.78, 5) is 19.4. The molecule has 2 aromatic carbocycles. The Morgan fingerprint density at radius 3 is 2.56 bits per heavy atom. The number of halogens is 2. The minimum absolute atomic E-state index is 0. The van der Waals surface area contributed by atoms with E-state index in [1.807, 2.05) is 49.3 Å². The maximum Gasteiger partial charge on any atom is 0.253 e. The Morgan fingerprint density at radius 2 is 1.89 bits per heavy atom. The van der Waals surface area contributed by atoms with Gasteiger partial charge in [-0.05, 0) is 32.3 Å². The molecule has 0 unspecified atom stereocenters. The number of methoxy groups -OCH3 is 1. The maximum absolute atomic E-state index is 12.7. The number of nitrogen functional groups attached to an aromatic ring is 1. The van der Waals surface area contributed by atoms with Crippen molar-refractivity contribution in [3.8, 4) is 5.75 Å². The predicted octanol–water partition coefficient (Wildman–Crippen LogP) is 3.11. The Bertz CT molecular complexity index is 948. The molecule has 0 spiro atoms. The van der Waals surface area contributed by atoms with Gasteiger partial charge in [-0.15, -0.1) is 24.8 Å². The summed E-state index contributed by atoms with van der Waals surface area (Å²) in [6.07, 6.45) is 0. The first-order valence-corrected chi connectivity index (χ1v) is 8.10. The predicted molar refractivity (Wildman–Crippen MR) is 116 cm³/mol. The number of para-hydroxylation sites is 1. The number of anilines is 1. The van der Waals surface area contributed by atoms with Crippen molar-refractivity contribution in [3.63, 3.8) is 0 Å². The summed E-state index contributed by atoms with van der Waals surface area (Å²) < 4.78 is 5.35. The van der Waals surface area contributed by atoms with Crippen molar-refractivity contribution >= 4 is 58.2 Å². The highest BCUT2D eigenvalue weighted by atomic mass is 35.5. The van der Waals surface area contributed by atoms with E-state index in [0.717, 1.165) is 22.8 Å². The van der Waals surface area contributed by atoms with E-state index in [4.69, 9.17) is 10.5 Å². The standard InChI is InChI=1S/C19H22N4O2.2ClH/c1-23(2)9-8-21-19(24)15-11-12(25-3)10-14-17(20)13-6-4-5-7-16(13)22-18(14)15;;/h4-7,10-11H,8-9H2,1-3H3,(H2,20,22)(H,21,24);2*1H. The number of nitrogens with one attached hydrogen (secondary N) is 1. The molecule has 3 N–H and O–H groups in total. The van der Waals surface area contributed by atoms with E-state index >= 15 is 0 Å². The van der Waals surface area contributed by atoms with Gasteiger partial charge in [-0.3, -0.25) is 4.79 Å². The lowest BCUT2D eigenvalue weighted by molar-refractivity contribution is 0.0952. The number of carbonyl (C=O) groups excluding carboxylic acids is 1. The fourth-order valence-corrected chi connectivity index (χ4v) is 2.78. The van der Waals surface area contributed by atoms with Crippen LogP contribution in [0.1, 0.15) is 10.4 Å². The Labute approximate surface area is 170 Å². The summed E-state index contributed by atoms with van der Waals surface area (Å²) in [6, 6.07) is 11.2. The summed E-state index contributed by atoms with van der Waals surface area (Å²) >= 11 is 0. The molecule has 146 valence electrons. The molecule has 0 radical (unpaired) electrons. The van der Waals surface area contributed by atoms with Gasteiger partial charge in [-0.2, -0.15) is 0 Å². The number of nitrogens with two attached hydrogens (primary N) is 1. The van der Waals surface area contributed by atoms with Crippen LogP contribution in [0, 0.1) is 0 Å². The molecule has 8 heteroatoms. The number of hydrogen-bond acceptors (Lipinski definition) is 5. The van der Waals surface area contributed by atoms with Crippen LogP contribution in [0.3, 0.4) is 0 Å². The number of likely N-dealkylation sites (N-methyl/N-ethyl adjacent to an activating group) is 1. The molecule has 1 aromatic heterocycles. The zero-order valence-electron chi connectivity index (χ0n) is 15.5. The van der Waals surface area contributed by atoms with Crippen LogP contribution in [-0.2, 0) is 0 Å². The van der Waals surface area contributed by atoms with E-state index in [0.29, 0.717) is 29.1 Å². The average Bonchev–Trinajstić information content (AvgIpc) is 2.61. The highest BCUT2D eigenvalue weighted by molar-refractivity contribution is 6.14. The van der Waals surface area contributed by atoms with Gasteiger partial charge in [0, 0.05) is 23.9 Å². The topological polar surface area (TPSA) is 80.5 Å². The van der Waals surface area contributed by atoms with Crippen molar-refractivity contribution in [1.29, 1.82) is 0 Å². The minimum atomic E-state index is -0.187. The Balaban J connectivity index is 0.00000182. The summed E-state index contributed by atoms with van der Waals surface area (Å²) in [7, 11) is 5.49. The van der Waals surface area contributed by atoms with Crippen molar-refractivity contribution in [2.24, 2.45) is 0 Å². The van der Waals surface area contributed by atoms with Crippen LogP contribution in [0.2, 0.25) is 0 Å². The molecular formula is C19H24Cl2N4O2. The number of aromatic nitrogens is 1. The fourth-order valence-electron chi connectivity index (χ4n) is 2.78. The van der Waals surface area contributed by atoms with Crippen molar-refractivity contribution < 1.29 is 9.53 Å². The van der Waals surface area contributed by atoms with Gasteiger partial charge in [0.1, 0.15) is 5.75 Å². The third-order valence-electron chi connectivity index (χ3n) is 4.12. The Kier molecular flexibility index (Phi) is 8.09. The van der Waals surface area contributed by atoms with Gasteiger partial charge in [0.15, 0.2) is 0 Å². The molecule has 0 aliphatic rings. The van der Waals surface area contributed by atoms with Gasteiger partial charge in [-0.1, -0.05) is 18.2 Å². The molecular weight excluding hydrogens is 387 g/mol. The molecule has 3 aromatic rings. The van der Waals surface area contributed by atoms with Crippen molar-refractivity contribution in [3.05, 3.63) is 42.0 Å². The van der Waals surface area contributed by atoms with E-state index < -0.39 is 0 Å². The number of hydrogen-bond donors (Lipinski definition) is 2. The molecule has 0 saturated heterocycles. The van der Waals surface area contributed by atoms with Gasteiger partial charge in [0.05, 0.1) is 29.4 Å². The SMILES string of the molecule is COc1cc(C(=O)NCCN(C)C)c2nc3ccccc3c(N)c2c1.Cl.Cl. The second kappa shape index (κ2) is 9.60. The molecule has 0 bridgehead atoms. The molecule has 0 aliphatic heterocycles. The monoisotopic (exact) mass is 410 g/mol. The quantitative estimate of drug-likeness (QED) is 0.631. The third-order valence-corrected chi connectivity index (χ3v) is 4.12. The summed E-state index contributed by atoms with van der Waals surface area (Å²) in [5.41, 5.74) is 8.76. The molecule has 0 aliphatic carbocycles. The number of fused-ring (bicyclic) bond motifs is 2. The zero-order valence-corrected chi connectivity index (χ0v) is 17.1. The molecule has 1 heterocycles. The van der Waals surface area contributed by atoms with Gasteiger partial charge in [0.25, 0.3) is 5.91 Å². The van der Waals surface area contributed by atoms with Gasteiger partial charge in [0.2, 0.25) is 0 Å². The normalized spacial score (nSPS) is 10.4. The molecule has 0 fully saturated rings. The molecule has 27 heavy (non-hydrogen) atoms. The lowest BCUT2D eigenvalue weighted by atomic mass is 10.0. The number of pyridine rings is 1. The highest BCUT2D eigenvalue weighted by Crippen LogP contribution is 2.33. The van der Waals surface area contributed by atoms with Crippen molar-refractivity contribution in [2.45, 2.75) is 0 Å². The lowest BCUT2D eigenvalue weighted by Crippen LogP contribution is -2.31. The maximum atomic E-state index is 12.7. The fraction of sp³-hybridized carbons (Fsp3) is 0.263. The lowest BCUT2D eigenvalue weighted by Gasteiger charge is -2.14. The van der Waals surface area contributed by atoms with Crippen LogP contribution in [-0.4, -0.2) is 50.1 Å². The molecule has 0 saturated carbocycles. The number of carbonyl (C=O) groups is 1. The number of rotatable bonds is 5. The van der Waals surface area contributed by atoms with E-state index in [9.17, 15) is 4.79 Å². The second-order valence-corrected chi connectivity index (χ2v) is 6.17. The second-order valence-electron chi connectivity index (χ2n) is 6.17. The van der Waals surface area contributed by atoms with Crippen molar-refractivity contribution in [2.75, 3.05) is 40.0 Å². The third kappa shape index (κ3) is 4.71. The minimum Gasteiger partial charge on any atom is -0.497 e. The number of ether oxygens (including phenoxy) is 1. The molecule has 3 rings (SSSR count). The van der Waals surface area contributed by atoms with E-state index in [2.05, 4.69) is 10.3 Å². The summed E-state index contributed by atoms with van der Waals surface area (Å²) in [5, 5.41) is 4.51. The summed E-state index contributed by atoms with van der Waals surface area (Å²) in [6.45, 7) is 1.31. The zero-order chi connectivity index (χ0) is 18.0. The van der Waals surface area contributed by atoms with Crippen LogP contribution < -0.4 is 15.8 Å². The van der Waals surface area contributed by atoms with E-state index in [1.54, 1.807) is 13.2 Å². The summed E-state index contributed by atoms with van der Waals surface area (Å²) in [5.74, 6) is 0.391. The Morgan fingerprint density at radius 1 is 1.19 bits per heavy atom. The number of amides is 1. The van der Waals surface area contributed by atoms with Gasteiger partial charge in [-0.25, -0.2) is 4.98 Å². The number of benzene rings is 2. The molecule has 0 atom stereocenters. The van der Waals surface area contributed by atoms with Crippen LogP contribution in [0.25, 0.3) is 21.8 Å². The van der Waals surface area contributed by atoms with E-state index in [1.165, 1.54) is 0 Å². The van der Waals surface area contributed by atoms with Crippen molar-refractivity contribution in [1.82, 2.24) is 15.2 Å². The smallest absolute Gasteiger partial charge is 0.253 e. The van der Waals surface area contributed by atoms with E-state index in [-0.39, 0.29) is 30.7 Å². The van der Waals surface area contributed by atoms with Gasteiger partial charge >= 0.3 is 0 Å². The average molecular weight is 411 g/mol.